The minimum absolute atomic E-state index is 0.128. The molecule has 0 aromatic carbocycles. The summed E-state index contributed by atoms with van der Waals surface area (Å²) in [4.78, 5) is 3.75. The average molecular weight is 335 g/mol. The second kappa shape index (κ2) is 4.50. The normalized spacial score (nSPS) is 11.6. The van der Waals surface area contributed by atoms with Gasteiger partial charge in [0.1, 0.15) is 6.67 Å². The molecule has 0 saturated carbocycles. The summed E-state index contributed by atoms with van der Waals surface area (Å²) in [5.41, 5.74) is 0.0244. The van der Waals surface area contributed by atoms with E-state index in [1.165, 1.54) is 13.1 Å². The molecule has 0 N–H and O–H groups in total. The number of rotatable bonds is 2. The van der Waals surface area contributed by atoms with E-state index >= 15 is 0 Å². The van der Waals surface area contributed by atoms with Gasteiger partial charge >= 0.3 is 6.36 Å². The predicted molar refractivity (Wildman–Crippen MR) is 53.2 cm³/mol. The molecule has 0 unspecified atom stereocenters. The van der Waals surface area contributed by atoms with Crippen LogP contribution in [0.1, 0.15) is 11.3 Å². The number of nitrogens with zero attached hydrogens (tertiary/aromatic N) is 1. The summed E-state index contributed by atoms with van der Waals surface area (Å²) in [5.74, 6) is -0.502. The average Bonchev–Trinajstić information content (AvgIpc) is 2.10. The molecule has 0 atom stereocenters. The molecule has 1 heterocycles. The zero-order valence-electron chi connectivity index (χ0n) is 7.53. The van der Waals surface area contributed by atoms with Crippen molar-refractivity contribution in [3.63, 3.8) is 0 Å². The molecule has 15 heavy (non-hydrogen) atoms. The fourth-order valence-corrected chi connectivity index (χ4v) is 1.56. The van der Waals surface area contributed by atoms with Gasteiger partial charge in [-0.3, -0.25) is 4.98 Å². The van der Waals surface area contributed by atoms with Crippen LogP contribution in [0, 0.1) is 10.5 Å². The first-order valence-electron chi connectivity index (χ1n) is 3.81. The predicted octanol–water partition coefficient (Wildman–Crippen LogP) is 3.36. The van der Waals surface area contributed by atoms with Gasteiger partial charge in [-0.25, -0.2) is 4.39 Å². The molecular formula is C8H6F4INO. The van der Waals surface area contributed by atoms with Crippen LogP contribution in [0.2, 0.25) is 0 Å². The van der Waals surface area contributed by atoms with Gasteiger partial charge in [-0.05, 0) is 29.5 Å². The van der Waals surface area contributed by atoms with Gasteiger partial charge in [0.05, 0.1) is 3.57 Å². The maximum absolute atomic E-state index is 12.5. The van der Waals surface area contributed by atoms with E-state index in [1.807, 2.05) is 0 Å². The van der Waals surface area contributed by atoms with E-state index in [0.29, 0.717) is 0 Å². The van der Waals surface area contributed by atoms with Crippen molar-refractivity contribution in [1.82, 2.24) is 4.98 Å². The topological polar surface area (TPSA) is 22.1 Å². The Morgan fingerprint density at radius 1 is 1.47 bits per heavy atom. The summed E-state index contributed by atoms with van der Waals surface area (Å²) in [7, 11) is 0. The first kappa shape index (κ1) is 12.5. The lowest BCUT2D eigenvalue weighted by Crippen LogP contribution is -2.19. The highest BCUT2D eigenvalue weighted by atomic mass is 127. The molecule has 0 fully saturated rings. The number of alkyl halides is 4. The molecule has 0 amide bonds. The largest absolute Gasteiger partial charge is 0.573 e. The van der Waals surface area contributed by atoms with Gasteiger partial charge in [0, 0.05) is 17.5 Å². The van der Waals surface area contributed by atoms with Crippen molar-refractivity contribution >= 4 is 22.6 Å². The van der Waals surface area contributed by atoms with Crippen molar-refractivity contribution < 1.29 is 22.3 Å². The molecule has 0 aliphatic carbocycles. The minimum Gasteiger partial charge on any atom is -0.404 e. The fourth-order valence-electron chi connectivity index (χ4n) is 0.982. The molecule has 0 radical (unpaired) electrons. The van der Waals surface area contributed by atoms with E-state index in [4.69, 9.17) is 0 Å². The molecule has 1 rings (SSSR count). The van der Waals surface area contributed by atoms with Crippen molar-refractivity contribution in [3.8, 4) is 5.75 Å². The van der Waals surface area contributed by atoms with Gasteiger partial charge < -0.3 is 4.74 Å². The van der Waals surface area contributed by atoms with E-state index in [2.05, 4.69) is 9.72 Å². The summed E-state index contributed by atoms with van der Waals surface area (Å²) in [6, 6.07) is 0. The van der Waals surface area contributed by atoms with Crippen LogP contribution in [-0.2, 0) is 6.67 Å². The molecule has 0 spiro atoms. The van der Waals surface area contributed by atoms with E-state index in [1.54, 1.807) is 22.6 Å². The van der Waals surface area contributed by atoms with Crippen molar-refractivity contribution in [1.29, 1.82) is 0 Å². The van der Waals surface area contributed by atoms with Crippen LogP contribution < -0.4 is 4.74 Å². The van der Waals surface area contributed by atoms with Crippen molar-refractivity contribution in [3.05, 3.63) is 21.0 Å². The van der Waals surface area contributed by atoms with Crippen LogP contribution in [0.25, 0.3) is 0 Å². The number of ether oxygens (including phenoxy) is 1. The second-order valence-electron chi connectivity index (χ2n) is 2.68. The number of aryl methyl sites for hydroxylation is 1. The highest BCUT2D eigenvalue weighted by molar-refractivity contribution is 14.1. The van der Waals surface area contributed by atoms with E-state index in [-0.39, 0.29) is 14.8 Å². The highest BCUT2D eigenvalue weighted by Crippen LogP contribution is 2.32. The lowest BCUT2D eigenvalue weighted by molar-refractivity contribution is -0.275. The quantitative estimate of drug-likeness (QED) is 0.611. The Kier molecular flexibility index (Phi) is 3.74. The number of pyridine rings is 1. The summed E-state index contributed by atoms with van der Waals surface area (Å²) >= 11 is 1.61. The first-order valence-corrected chi connectivity index (χ1v) is 4.88. The lowest BCUT2D eigenvalue weighted by atomic mass is 10.2. The lowest BCUT2D eigenvalue weighted by Gasteiger charge is -2.14. The van der Waals surface area contributed by atoms with Crippen molar-refractivity contribution in [2.45, 2.75) is 20.0 Å². The molecular weight excluding hydrogens is 329 g/mol. The molecule has 0 bridgehead atoms. The van der Waals surface area contributed by atoms with Gasteiger partial charge in [-0.15, -0.1) is 13.2 Å². The number of hydrogen-bond acceptors (Lipinski definition) is 2. The third-order valence-electron chi connectivity index (χ3n) is 1.65. The van der Waals surface area contributed by atoms with Crippen LogP contribution >= 0.6 is 22.6 Å². The van der Waals surface area contributed by atoms with Crippen LogP contribution in [0.4, 0.5) is 17.6 Å². The SMILES string of the molecule is Cc1ncc(I)c(OC(F)(F)F)c1CF. The van der Waals surface area contributed by atoms with Gasteiger partial charge in [-0.1, -0.05) is 0 Å². The summed E-state index contributed by atoms with van der Waals surface area (Å²) in [5, 5.41) is 0. The number of halogens is 5. The van der Waals surface area contributed by atoms with Crippen LogP contribution in [-0.4, -0.2) is 11.3 Å². The Bertz CT molecular complexity index is 366. The van der Waals surface area contributed by atoms with Crippen molar-refractivity contribution in [2.75, 3.05) is 0 Å². The smallest absolute Gasteiger partial charge is 0.404 e. The molecule has 2 nitrogen and oxygen atoms in total. The van der Waals surface area contributed by atoms with Crippen LogP contribution in [0.3, 0.4) is 0 Å². The Morgan fingerprint density at radius 2 is 2.07 bits per heavy atom. The molecule has 0 saturated heterocycles. The van der Waals surface area contributed by atoms with Gasteiger partial charge in [0.15, 0.2) is 5.75 Å². The van der Waals surface area contributed by atoms with E-state index in [9.17, 15) is 17.6 Å². The standard InChI is InChI=1S/C8H6F4INO/c1-4-5(2-9)7(6(13)3-14-4)15-8(10,11)12/h3H,2H2,1H3. The Balaban J connectivity index is 3.20. The zero-order valence-corrected chi connectivity index (χ0v) is 9.69. The highest BCUT2D eigenvalue weighted by Gasteiger charge is 2.33. The minimum atomic E-state index is -4.82. The molecule has 1 aromatic rings. The Morgan fingerprint density at radius 3 is 2.53 bits per heavy atom. The van der Waals surface area contributed by atoms with Crippen molar-refractivity contribution in [2.24, 2.45) is 0 Å². The van der Waals surface area contributed by atoms with Gasteiger partial charge in [0.2, 0.25) is 0 Å². The summed E-state index contributed by atoms with van der Waals surface area (Å²) < 4.78 is 52.4. The monoisotopic (exact) mass is 335 g/mol. The number of hydrogen-bond donors (Lipinski definition) is 0. The fraction of sp³-hybridized carbons (Fsp3) is 0.375. The Hall–Kier alpha value is -0.600. The van der Waals surface area contributed by atoms with Gasteiger partial charge in [-0.2, -0.15) is 0 Å². The number of aromatic nitrogens is 1. The zero-order chi connectivity index (χ0) is 11.6. The van der Waals surface area contributed by atoms with Crippen LogP contribution in [0.5, 0.6) is 5.75 Å². The molecule has 0 aliphatic rings. The second-order valence-corrected chi connectivity index (χ2v) is 3.84. The molecule has 7 heteroatoms. The third kappa shape index (κ3) is 3.18. The Labute approximate surface area is 96.8 Å². The maximum Gasteiger partial charge on any atom is 0.573 e. The summed E-state index contributed by atoms with van der Waals surface area (Å²) in [6.07, 6.45) is -3.62. The summed E-state index contributed by atoms with van der Waals surface area (Å²) in [6.45, 7) is 0.384. The molecule has 84 valence electrons. The van der Waals surface area contributed by atoms with Gasteiger partial charge in [0.25, 0.3) is 0 Å². The first-order chi connectivity index (χ1) is 6.85. The van der Waals surface area contributed by atoms with E-state index in [0.717, 1.165) is 0 Å². The molecule has 1 aromatic heterocycles. The van der Waals surface area contributed by atoms with Crippen LogP contribution in [0.15, 0.2) is 6.20 Å². The third-order valence-corrected chi connectivity index (χ3v) is 2.42. The van der Waals surface area contributed by atoms with E-state index < -0.39 is 18.8 Å². The maximum atomic E-state index is 12.5. The molecule has 0 aliphatic heterocycles.